The lowest BCUT2D eigenvalue weighted by Crippen LogP contribution is -2.10. The Kier molecular flexibility index (Phi) is 4.99. The van der Waals surface area contributed by atoms with Crippen LogP contribution in [0.1, 0.15) is 6.92 Å². The Labute approximate surface area is 43.6 Å². The molecule has 42 valence electrons. The van der Waals surface area contributed by atoms with E-state index in [0.717, 1.165) is 6.54 Å². The van der Waals surface area contributed by atoms with Crippen LogP contribution in [0.15, 0.2) is 4.99 Å². The highest BCUT2D eigenvalue weighted by Gasteiger charge is 1.63. The Hall–Kier alpha value is -0.570. The lowest BCUT2D eigenvalue weighted by atomic mass is 10.8. The molecular weight excluding hydrogens is 90.1 g/mol. The standard InChI is InChI=1S/C4H11N3/c1-2-6-4-7-3-5/h4H,2-3,5H2,1H3,(H,6,7). The van der Waals surface area contributed by atoms with E-state index in [0.29, 0.717) is 6.67 Å². The van der Waals surface area contributed by atoms with E-state index in [4.69, 9.17) is 5.73 Å². The molecule has 3 N–H and O–H groups in total. The van der Waals surface area contributed by atoms with Gasteiger partial charge in [0.2, 0.25) is 0 Å². The van der Waals surface area contributed by atoms with E-state index in [1.54, 1.807) is 6.34 Å². The Balaban J connectivity index is 2.78. The summed E-state index contributed by atoms with van der Waals surface area (Å²) in [5.74, 6) is 0. The fraction of sp³-hybridized carbons (Fsp3) is 0.750. The smallest absolute Gasteiger partial charge is 0.0876 e. The van der Waals surface area contributed by atoms with Crippen LogP contribution in [0.25, 0.3) is 0 Å². The number of nitrogens with one attached hydrogen (secondary N) is 1. The summed E-state index contributed by atoms with van der Waals surface area (Å²) in [6.07, 6.45) is 1.61. The van der Waals surface area contributed by atoms with Gasteiger partial charge in [-0.25, -0.2) is 0 Å². The zero-order chi connectivity index (χ0) is 5.54. The lowest BCUT2D eigenvalue weighted by molar-refractivity contribution is 0.964. The molecule has 0 saturated carbocycles. The van der Waals surface area contributed by atoms with Crippen molar-refractivity contribution in [3.05, 3.63) is 0 Å². The van der Waals surface area contributed by atoms with Crippen LogP contribution >= 0.6 is 0 Å². The maximum absolute atomic E-state index is 5.03. The molecule has 0 unspecified atom stereocenters. The van der Waals surface area contributed by atoms with E-state index in [9.17, 15) is 0 Å². The largest absolute Gasteiger partial charge is 0.377 e. The molecule has 0 aliphatic carbocycles. The van der Waals surface area contributed by atoms with E-state index >= 15 is 0 Å². The summed E-state index contributed by atoms with van der Waals surface area (Å²) in [6.45, 7) is 3.28. The Morgan fingerprint density at radius 3 is 3.00 bits per heavy atom. The van der Waals surface area contributed by atoms with Crippen LogP contribution in [0, 0.1) is 0 Å². The van der Waals surface area contributed by atoms with Crippen LogP contribution in [0.5, 0.6) is 0 Å². The highest BCUT2D eigenvalue weighted by molar-refractivity contribution is 5.53. The first-order chi connectivity index (χ1) is 3.41. The van der Waals surface area contributed by atoms with Gasteiger partial charge in [-0.3, -0.25) is 4.99 Å². The van der Waals surface area contributed by atoms with Gasteiger partial charge in [0.1, 0.15) is 0 Å². The third kappa shape index (κ3) is 5.43. The number of aliphatic imine (C=N–C) groups is 1. The topological polar surface area (TPSA) is 50.4 Å². The van der Waals surface area contributed by atoms with E-state index in [1.807, 2.05) is 6.92 Å². The van der Waals surface area contributed by atoms with Crippen LogP contribution in [0.3, 0.4) is 0 Å². The summed E-state index contributed by atoms with van der Waals surface area (Å²) in [4.78, 5) is 3.70. The molecule has 0 saturated heterocycles. The van der Waals surface area contributed by atoms with Crippen LogP contribution in [0.4, 0.5) is 0 Å². The molecule has 7 heavy (non-hydrogen) atoms. The van der Waals surface area contributed by atoms with Crippen molar-refractivity contribution in [2.24, 2.45) is 10.7 Å². The van der Waals surface area contributed by atoms with Crippen LogP contribution in [-0.2, 0) is 0 Å². The number of nitrogens with two attached hydrogens (primary N) is 1. The van der Waals surface area contributed by atoms with Gasteiger partial charge >= 0.3 is 0 Å². The SMILES string of the molecule is CCNC=NCN. The fourth-order valence-corrected chi connectivity index (χ4v) is 0.209. The van der Waals surface area contributed by atoms with Gasteiger partial charge in [0.25, 0.3) is 0 Å². The molecule has 0 aliphatic rings. The predicted octanol–water partition coefficient (Wildman–Crippen LogP) is -0.460. The first-order valence-corrected chi connectivity index (χ1v) is 2.33. The molecule has 0 fully saturated rings. The molecule has 3 nitrogen and oxygen atoms in total. The molecule has 0 aromatic heterocycles. The Bertz CT molecular complexity index is 50.9. The van der Waals surface area contributed by atoms with Crippen molar-refractivity contribution < 1.29 is 0 Å². The highest BCUT2D eigenvalue weighted by Crippen LogP contribution is 1.50. The lowest BCUT2D eigenvalue weighted by Gasteiger charge is -1.87. The van der Waals surface area contributed by atoms with E-state index in [1.165, 1.54) is 0 Å². The van der Waals surface area contributed by atoms with E-state index in [2.05, 4.69) is 10.3 Å². The van der Waals surface area contributed by atoms with Gasteiger partial charge in [-0.2, -0.15) is 0 Å². The Morgan fingerprint density at radius 2 is 2.57 bits per heavy atom. The maximum atomic E-state index is 5.03. The molecule has 0 rings (SSSR count). The molecule has 0 aromatic carbocycles. The zero-order valence-corrected chi connectivity index (χ0v) is 4.52. The fourth-order valence-electron chi connectivity index (χ4n) is 0.209. The monoisotopic (exact) mass is 101 g/mol. The van der Waals surface area contributed by atoms with E-state index in [-0.39, 0.29) is 0 Å². The minimum absolute atomic E-state index is 0.368. The molecule has 3 heteroatoms. The number of rotatable bonds is 3. The van der Waals surface area contributed by atoms with Crippen LogP contribution in [0.2, 0.25) is 0 Å². The van der Waals surface area contributed by atoms with Gasteiger partial charge < -0.3 is 11.1 Å². The van der Waals surface area contributed by atoms with Gasteiger partial charge in [0.15, 0.2) is 0 Å². The molecule has 0 heterocycles. The second kappa shape index (κ2) is 5.43. The van der Waals surface area contributed by atoms with Crippen LogP contribution < -0.4 is 11.1 Å². The minimum atomic E-state index is 0.368. The van der Waals surface area contributed by atoms with Crippen molar-refractivity contribution in [3.63, 3.8) is 0 Å². The molecule has 0 radical (unpaired) electrons. The van der Waals surface area contributed by atoms with Crippen molar-refractivity contribution >= 4 is 6.34 Å². The minimum Gasteiger partial charge on any atom is -0.377 e. The first kappa shape index (κ1) is 6.43. The summed E-state index contributed by atoms with van der Waals surface area (Å²) in [6, 6.07) is 0. The second-order valence-corrected chi connectivity index (χ2v) is 1.05. The first-order valence-electron chi connectivity index (χ1n) is 2.33. The summed E-state index contributed by atoms with van der Waals surface area (Å²) < 4.78 is 0. The average molecular weight is 101 g/mol. The van der Waals surface area contributed by atoms with Crippen molar-refractivity contribution in [3.8, 4) is 0 Å². The van der Waals surface area contributed by atoms with Gasteiger partial charge in [0, 0.05) is 6.54 Å². The maximum Gasteiger partial charge on any atom is 0.0876 e. The molecule has 0 aromatic rings. The van der Waals surface area contributed by atoms with Gasteiger partial charge in [-0.1, -0.05) is 0 Å². The average Bonchev–Trinajstić information content (AvgIpc) is 1.69. The normalized spacial score (nSPS) is 10.0. The number of hydrogen-bond donors (Lipinski definition) is 2. The quantitative estimate of drug-likeness (QED) is 0.373. The molecule has 0 atom stereocenters. The highest BCUT2D eigenvalue weighted by atomic mass is 15.0. The Morgan fingerprint density at radius 1 is 1.86 bits per heavy atom. The van der Waals surface area contributed by atoms with Crippen molar-refractivity contribution in [2.45, 2.75) is 6.92 Å². The number of nitrogens with zero attached hydrogens (tertiary/aromatic N) is 1. The molecule has 0 amide bonds. The van der Waals surface area contributed by atoms with Crippen molar-refractivity contribution in [1.82, 2.24) is 5.32 Å². The summed E-state index contributed by atoms with van der Waals surface area (Å²) in [7, 11) is 0. The third-order valence-electron chi connectivity index (χ3n) is 0.492. The second-order valence-electron chi connectivity index (χ2n) is 1.05. The molecule has 0 spiro atoms. The van der Waals surface area contributed by atoms with E-state index < -0.39 is 0 Å². The predicted molar refractivity (Wildman–Crippen MR) is 31.2 cm³/mol. The summed E-state index contributed by atoms with van der Waals surface area (Å²) in [5.41, 5.74) is 5.03. The van der Waals surface area contributed by atoms with Gasteiger partial charge in [0.05, 0.1) is 13.0 Å². The van der Waals surface area contributed by atoms with Gasteiger partial charge in [-0.05, 0) is 6.92 Å². The van der Waals surface area contributed by atoms with Crippen LogP contribution in [-0.4, -0.2) is 19.6 Å². The number of hydrogen-bond acceptors (Lipinski definition) is 2. The molecule has 0 aliphatic heterocycles. The third-order valence-corrected chi connectivity index (χ3v) is 0.492. The summed E-state index contributed by atoms with van der Waals surface area (Å²) >= 11 is 0. The summed E-state index contributed by atoms with van der Waals surface area (Å²) in [5, 5.41) is 2.88. The molecule has 0 bridgehead atoms. The van der Waals surface area contributed by atoms with Gasteiger partial charge in [-0.15, -0.1) is 0 Å². The van der Waals surface area contributed by atoms with Crippen molar-refractivity contribution in [1.29, 1.82) is 0 Å². The molecular formula is C4H11N3. The van der Waals surface area contributed by atoms with Crippen molar-refractivity contribution in [2.75, 3.05) is 13.2 Å². The zero-order valence-electron chi connectivity index (χ0n) is 4.52.